The molecule has 2 rings (SSSR count). The Balaban J connectivity index is 1.93. The first-order chi connectivity index (χ1) is 8.08. The molecule has 1 heterocycles. The SMILES string of the molecule is CN1CCN(C(=O)[C@@H]2CCC[C@H](N)C2)CC1=O. The predicted molar refractivity (Wildman–Crippen MR) is 64.2 cm³/mol. The third-order valence-corrected chi connectivity index (χ3v) is 3.83. The molecule has 17 heavy (non-hydrogen) atoms. The molecule has 0 bridgehead atoms. The lowest BCUT2D eigenvalue weighted by atomic mass is 9.85. The van der Waals surface area contributed by atoms with Crippen molar-refractivity contribution in [3.05, 3.63) is 0 Å². The van der Waals surface area contributed by atoms with Gasteiger partial charge in [-0.1, -0.05) is 6.42 Å². The number of nitrogens with two attached hydrogens (primary N) is 1. The number of hydrogen-bond acceptors (Lipinski definition) is 3. The molecule has 2 atom stereocenters. The van der Waals surface area contributed by atoms with Gasteiger partial charge in [-0.15, -0.1) is 0 Å². The Morgan fingerprint density at radius 2 is 2.12 bits per heavy atom. The summed E-state index contributed by atoms with van der Waals surface area (Å²) in [5.41, 5.74) is 5.90. The van der Waals surface area contributed by atoms with Gasteiger partial charge in [0.1, 0.15) is 0 Å². The number of hydrogen-bond donors (Lipinski definition) is 1. The molecule has 96 valence electrons. The maximum Gasteiger partial charge on any atom is 0.241 e. The van der Waals surface area contributed by atoms with Crippen molar-refractivity contribution in [1.82, 2.24) is 9.80 Å². The van der Waals surface area contributed by atoms with E-state index in [2.05, 4.69) is 0 Å². The summed E-state index contributed by atoms with van der Waals surface area (Å²) < 4.78 is 0. The molecule has 5 heteroatoms. The van der Waals surface area contributed by atoms with E-state index in [1.54, 1.807) is 16.8 Å². The predicted octanol–water partition coefficient (Wildman–Crippen LogP) is -0.195. The van der Waals surface area contributed by atoms with E-state index >= 15 is 0 Å². The standard InChI is InChI=1S/C12H21N3O2/c1-14-5-6-15(8-11(14)16)12(17)9-3-2-4-10(13)7-9/h9-10H,2-8,13H2,1H3/t9-,10+/m1/s1. The quantitative estimate of drug-likeness (QED) is 0.689. The third-order valence-electron chi connectivity index (χ3n) is 3.83. The van der Waals surface area contributed by atoms with Crippen LogP contribution in [0.15, 0.2) is 0 Å². The van der Waals surface area contributed by atoms with Gasteiger partial charge in [-0.25, -0.2) is 0 Å². The van der Waals surface area contributed by atoms with E-state index in [0.717, 1.165) is 25.7 Å². The van der Waals surface area contributed by atoms with E-state index in [1.807, 2.05) is 0 Å². The summed E-state index contributed by atoms with van der Waals surface area (Å²) in [6.45, 7) is 1.54. The normalized spacial score (nSPS) is 30.6. The van der Waals surface area contributed by atoms with Crippen molar-refractivity contribution in [3.8, 4) is 0 Å². The van der Waals surface area contributed by atoms with Gasteiger partial charge >= 0.3 is 0 Å². The van der Waals surface area contributed by atoms with Crippen LogP contribution < -0.4 is 5.73 Å². The van der Waals surface area contributed by atoms with Crippen LogP contribution in [0.25, 0.3) is 0 Å². The van der Waals surface area contributed by atoms with Gasteiger partial charge in [0.05, 0.1) is 6.54 Å². The Labute approximate surface area is 102 Å². The van der Waals surface area contributed by atoms with Crippen LogP contribution in [0, 0.1) is 5.92 Å². The fourth-order valence-electron chi connectivity index (χ4n) is 2.66. The second kappa shape index (κ2) is 5.04. The fourth-order valence-corrected chi connectivity index (χ4v) is 2.66. The van der Waals surface area contributed by atoms with E-state index in [9.17, 15) is 9.59 Å². The van der Waals surface area contributed by atoms with Crippen LogP contribution in [0.4, 0.5) is 0 Å². The van der Waals surface area contributed by atoms with Crippen LogP contribution in [-0.4, -0.2) is 54.3 Å². The lowest BCUT2D eigenvalue weighted by molar-refractivity contribution is -0.147. The summed E-state index contributed by atoms with van der Waals surface area (Å²) in [6.07, 6.45) is 3.75. The zero-order chi connectivity index (χ0) is 12.4. The van der Waals surface area contributed by atoms with Gasteiger partial charge < -0.3 is 15.5 Å². The maximum absolute atomic E-state index is 12.3. The molecule has 0 aromatic carbocycles. The van der Waals surface area contributed by atoms with Gasteiger partial charge in [-0.2, -0.15) is 0 Å². The third kappa shape index (κ3) is 2.77. The second-order valence-corrected chi connectivity index (χ2v) is 5.20. The monoisotopic (exact) mass is 239 g/mol. The van der Waals surface area contributed by atoms with Crippen LogP contribution in [0.2, 0.25) is 0 Å². The van der Waals surface area contributed by atoms with Gasteiger partial charge in [0.25, 0.3) is 0 Å². The topological polar surface area (TPSA) is 66.6 Å². The number of carbonyl (C=O) groups is 2. The van der Waals surface area contributed by atoms with E-state index in [0.29, 0.717) is 13.1 Å². The fraction of sp³-hybridized carbons (Fsp3) is 0.833. The van der Waals surface area contributed by atoms with Crippen molar-refractivity contribution in [2.45, 2.75) is 31.7 Å². The van der Waals surface area contributed by atoms with Crippen molar-refractivity contribution in [3.63, 3.8) is 0 Å². The van der Waals surface area contributed by atoms with Gasteiger partial charge in [-0.05, 0) is 19.3 Å². The van der Waals surface area contributed by atoms with Crippen molar-refractivity contribution >= 4 is 11.8 Å². The molecule has 0 unspecified atom stereocenters. The molecule has 2 N–H and O–H groups in total. The summed E-state index contributed by atoms with van der Waals surface area (Å²) in [6, 6.07) is 0.154. The molecular formula is C12H21N3O2. The number of piperazine rings is 1. The van der Waals surface area contributed by atoms with E-state index in [-0.39, 0.29) is 30.3 Å². The van der Waals surface area contributed by atoms with E-state index in [1.165, 1.54) is 0 Å². The van der Waals surface area contributed by atoms with E-state index < -0.39 is 0 Å². The summed E-state index contributed by atoms with van der Waals surface area (Å²) in [5.74, 6) is 0.196. The molecule has 0 aromatic heterocycles. The highest BCUT2D eigenvalue weighted by atomic mass is 16.2. The first-order valence-corrected chi connectivity index (χ1v) is 6.36. The zero-order valence-corrected chi connectivity index (χ0v) is 10.4. The Bertz CT molecular complexity index is 319. The molecular weight excluding hydrogens is 218 g/mol. The number of amides is 2. The zero-order valence-electron chi connectivity index (χ0n) is 10.4. The molecule has 1 saturated heterocycles. The van der Waals surface area contributed by atoms with Crippen molar-refractivity contribution in [1.29, 1.82) is 0 Å². The highest BCUT2D eigenvalue weighted by Gasteiger charge is 2.32. The Kier molecular flexibility index (Phi) is 3.66. The lowest BCUT2D eigenvalue weighted by Crippen LogP contribution is -2.52. The summed E-state index contributed by atoms with van der Waals surface area (Å²) in [4.78, 5) is 27.2. The van der Waals surface area contributed by atoms with Crippen LogP contribution in [0.3, 0.4) is 0 Å². The van der Waals surface area contributed by atoms with Crippen molar-refractivity contribution < 1.29 is 9.59 Å². The first-order valence-electron chi connectivity index (χ1n) is 6.36. The van der Waals surface area contributed by atoms with Crippen LogP contribution in [0.1, 0.15) is 25.7 Å². The van der Waals surface area contributed by atoms with E-state index in [4.69, 9.17) is 5.73 Å². The minimum absolute atomic E-state index is 0.0321. The molecule has 2 aliphatic rings. The summed E-state index contributed by atoms with van der Waals surface area (Å²) in [5, 5.41) is 0. The number of carbonyl (C=O) groups excluding carboxylic acids is 2. The van der Waals surface area contributed by atoms with Crippen molar-refractivity contribution in [2.24, 2.45) is 11.7 Å². The Hall–Kier alpha value is -1.10. The highest BCUT2D eigenvalue weighted by molar-refractivity contribution is 5.87. The maximum atomic E-state index is 12.3. The second-order valence-electron chi connectivity index (χ2n) is 5.20. The minimum atomic E-state index is 0.0321. The number of rotatable bonds is 1. The van der Waals surface area contributed by atoms with Crippen LogP contribution >= 0.6 is 0 Å². The summed E-state index contributed by atoms with van der Waals surface area (Å²) in [7, 11) is 1.78. The van der Waals surface area contributed by atoms with Gasteiger partial charge in [0, 0.05) is 32.1 Å². The molecule has 2 amide bonds. The number of nitrogens with zero attached hydrogens (tertiary/aromatic N) is 2. The minimum Gasteiger partial charge on any atom is -0.342 e. The molecule has 2 fully saturated rings. The van der Waals surface area contributed by atoms with Crippen LogP contribution in [0.5, 0.6) is 0 Å². The average Bonchev–Trinajstić information content (AvgIpc) is 2.32. The molecule has 0 spiro atoms. The van der Waals surface area contributed by atoms with Gasteiger partial charge in [0.15, 0.2) is 0 Å². The van der Waals surface area contributed by atoms with Crippen molar-refractivity contribution in [2.75, 3.05) is 26.7 Å². The Morgan fingerprint density at radius 1 is 1.35 bits per heavy atom. The highest BCUT2D eigenvalue weighted by Crippen LogP contribution is 2.25. The smallest absolute Gasteiger partial charge is 0.241 e. The first kappa shape index (κ1) is 12.4. The summed E-state index contributed by atoms with van der Waals surface area (Å²) >= 11 is 0. The average molecular weight is 239 g/mol. The Morgan fingerprint density at radius 3 is 2.76 bits per heavy atom. The molecule has 0 radical (unpaired) electrons. The van der Waals surface area contributed by atoms with Gasteiger partial charge in [-0.3, -0.25) is 9.59 Å². The molecule has 5 nitrogen and oxygen atoms in total. The largest absolute Gasteiger partial charge is 0.342 e. The molecule has 1 aliphatic carbocycles. The number of likely N-dealkylation sites (N-methyl/N-ethyl adjacent to an activating group) is 1. The molecule has 1 aliphatic heterocycles. The van der Waals surface area contributed by atoms with Gasteiger partial charge in [0.2, 0.25) is 11.8 Å². The molecule has 0 aromatic rings. The molecule has 1 saturated carbocycles. The lowest BCUT2D eigenvalue weighted by Gasteiger charge is -2.36. The van der Waals surface area contributed by atoms with Crippen LogP contribution in [-0.2, 0) is 9.59 Å².